The molecule has 5 nitrogen and oxygen atoms in total. The van der Waals surface area contributed by atoms with Crippen LogP contribution in [0.15, 0.2) is 0 Å². The van der Waals surface area contributed by atoms with Gasteiger partial charge < -0.3 is 5.11 Å². The monoisotopic (exact) mass is 305 g/mol. The highest BCUT2D eigenvalue weighted by atomic mass is 32.2. The number of carboxylic acids is 1. The number of carbonyl (C=O) groups is 1. The fourth-order valence-electron chi connectivity index (χ4n) is 2.75. The van der Waals surface area contributed by atoms with Gasteiger partial charge in [0.1, 0.15) is 0 Å². The van der Waals surface area contributed by atoms with E-state index in [2.05, 4.69) is 25.5 Å². The lowest BCUT2D eigenvalue weighted by Gasteiger charge is -2.39. The SMILES string of the molecule is CCC(C)(C)C1CCC(NS(=O)(=O)C(C)C(=O)O)CC1. The Morgan fingerprint density at radius 3 is 2.20 bits per heavy atom. The Kier molecular flexibility index (Phi) is 5.61. The summed E-state index contributed by atoms with van der Waals surface area (Å²) >= 11 is 0. The number of sulfonamides is 1. The van der Waals surface area contributed by atoms with Gasteiger partial charge in [0, 0.05) is 6.04 Å². The summed E-state index contributed by atoms with van der Waals surface area (Å²) in [6.07, 6.45) is 4.69. The van der Waals surface area contributed by atoms with Gasteiger partial charge in [-0.15, -0.1) is 0 Å². The summed E-state index contributed by atoms with van der Waals surface area (Å²) in [5, 5.41) is 7.41. The minimum atomic E-state index is -3.77. The van der Waals surface area contributed by atoms with Crippen molar-refractivity contribution in [2.24, 2.45) is 11.3 Å². The van der Waals surface area contributed by atoms with E-state index in [0.717, 1.165) is 32.1 Å². The van der Waals surface area contributed by atoms with E-state index in [1.54, 1.807) is 0 Å². The summed E-state index contributed by atoms with van der Waals surface area (Å²) in [4.78, 5) is 10.8. The third kappa shape index (κ3) is 4.19. The second-order valence-corrected chi connectivity index (χ2v) is 8.57. The molecule has 0 aromatic heterocycles. The van der Waals surface area contributed by atoms with Crippen molar-refractivity contribution in [3.05, 3.63) is 0 Å². The molecule has 1 saturated carbocycles. The van der Waals surface area contributed by atoms with Crippen LogP contribution in [0.4, 0.5) is 0 Å². The third-order valence-corrected chi connectivity index (χ3v) is 6.68. The first-order valence-electron chi connectivity index (χ1n) is 7.34. The van der Waals surface area contributed by atoms with Crippen LogP contribution in [-0.2, 0) is 14.8 Å². The van der Waals surface area contributed by atoms with E-state index in [1.807, 2.05) is 0 Å². The molecule has 0 spiro atoms. The summed E-state index contributed by atoms with van der Waals surface area (Å²) in [6.45, 7) is 7.91. The smallest absolute Gasteiger partial charge is 0.323 e. The molecule has 2 N–H and O–H groups in total. The Morgan fingerprint density at radius 1 is 1.30 bits per heavy atom. The molecule has 118 valence electrons. The van der Waals surface area contributed by atoms with Crippen molar-refractivity contribution in [3.8, 4) is 0 Å². The number of aliphatic carboxylic acids is 1. The van der Waals surface area contributed by atoms with Gasteiger partial charge in [0.2, 0.25) is 10.0 Å². The van der Waals surface area contributed by atoms with Crippen LogP contribution >= 0.6 is 0 Å². The molecule has 0 heterocycles. The molecular weight excluding hydrogens is 278 g/mol. The lowest BCUT2D eigenvalue weighted by molar-refractivity contribution is -0.136. The zero-order chi connectivity index (χ0) is 15.6. The second-order valence-electron chi connectivity index (χ2n) is 6.53. The lowest BCUT2D eigenvalue weighted by atomic mass is 9.69. The first-order chi connectivity index (χ1) is 9.10. The van der Waals surface area contributed by atoms with Crippen LogP contribution in [0.3, 0.4) is 0 Å². The van der Waals surface area contributed by atoms with Crippen LogP contribution in [0.25, 0.3) is 0 Å². The van der Waals surface area contributed by atoms with Crippen molar-refractivity contribution in [2.45, 2.75) is 71.1 Å². The van der Waals surface area contributed by atoms with Gasteiger partial charge in [-0.05, 0) is 43.9 Å². The molecule has 0 amide bonds. The van der Waals surface area contributed by atoms with Crippen LogP contribution in [0, 0.1) is 11.3 Å². The highest BCUT2D eigenvalue weighted by molar-refractivity contribution is 7.90. The summed E-state index contributed by atoms with van der Waals surface area (Å²) < 4.78 is 26.3. The maximum Gasteiger partial charge on any atom is 0.323 e. The van der Waals surface area contributed by atoms with Gasteiger partial charge in [-0.3, -0.25) is 4.79 Å². The summed E-state index contributed by atoms with van der Waals surface area (Å²) in [6, 6.07) is -0.120. The number of hydrogen-bond acceptors (Lipinski definition) is 3. The molecule has 0 saturated heterocycles. The zero-order valence-electron chi connectivity index (χ0n) is 12.8. The third-order valence-electron chi connectivity index (χ3n) is 4.89. The molecule has 0 aromatic rings. The van der Waals surface area contributed by atoms with E-state index in [0.29, 0.717) is 5.92 Å². The van der Waals surface area contributed by atoms with Crippen molar-refractivity contribution in [1.82, 2.24) is 4.72 Å². The molecule has 20 heavy (non-hydrogen) atoms. The molecule has 1 atom stereocenters. The van der Waals surface area contributed by atoms with E-state index >= 15 is 0 Å². The largest absolute Gasteiger partial charge is 0.480 e. The standard InChI is InChI=1S/C14H27NO4S/c1-5-14(3,4)11-6-8-12(9-7-11)15-20(18,19)10(2)13(16)17/h10-12,15H,5-9H2,1-4H3,(H,16,17). The molecule has 1 aliphatic carbocycles. The fraction of sp³-hybridized carbons (Fsp3) is 0.929. The highest BCUT2D eigenvalue weighted by Crippen LogP contribution is 2.40. The number of rotatable bonds is 6. The van der Waals surface area contributed by atoms with E-state index in [4.69, 9.17) is 5.11 Å². The topological polar surface area (TPSA) is 83.5 Å². The van der Waals surface area contributed by atoms with Gasteiger partial charge in [0.15, 0.2) is 5.25 Å². The minimum absolute atomic E-state index is 0.120. The maximum atomic E-state index is 11.9. The van der Waals surface area contributed by atoms with Gasteiger partial charge in [-0.25, -0.2) is 13.1 Å². The molecule has 1 unspecified atom stereocenters. The summed E-state index contributed by atoms with van der Waals surface area (Å²) in [7, 11) is -3.77. The van der Waals surface area contributed by atoms with E-state index in [9.17, 15) is 13.2 Å². The number of hydrogen-bond donors (Lipinski definition) is 2. The van der Waals surface area contributed by atoms with Crippen molar-refractivity contribution in [2.75, 3.05) is 0 Å². The maximum absolute atomic E-state index is 11.9. The molecule has 0 aliphatic heterocycles. The highest BCUT2D eigenvalue weighted by Gasteiger charge is 2.35. The van der Waals surface area contributed by atoms with Gasteiger partial charge in [0.25, 0.3) is 0 Å². The van der Waals surface area contributed by atoms with Crippen LogP contribution in [0.5, 0.6) is 0 Å². The molecule has 0 radical (unpaired) electrons. The van der Waals surface area contributed by atoms with Gasteiger partial charge >= 0.3 is 5.97 Å². The van der Waals surface area contributed by atoms with Crippen molar-refractivity contribution >= 4 is 16.0 Å². The molecule has 1 aliphatic rings. The Labute approximate surface area is 122 Å². The second kappa shape index (κ2) is 6.43. The predicted octanol–water partition coefficient (Wildman–Crippen LogP) is 2.37. The van der Waals surface area contributed by atoms with Crippen molar-refractivity contribution < 1.29 is 18.3 Å². The van der Waals surface area contributed by atoms with Crippen LogP contribution in [0.2, 0.25) is 0 Å². The Hall–Kier alpha value is -0.620. The predicted molar refractivity (Wildman–Crippen MR) is 79.0 cm³/mol. The Balaban J connectivity index is 2.57. The van der Waals surface area contributed by atoms with Gasteiger partial charge in [-0.1, -0.05) is 27.2 Å². The normalized spacial score (nSPS) is 26.2. The average molecular weight is 305 g/mol. The molecule has 6 heteroatoms. The molecule has 0 bridgehead atoms. The Morgan fingerprint density at radius 2 is 1.80 bits per heavy atom. The summed E-state index contributed by atoms with van der Waals surface area (Å²) in [5.41, 5.74) is 0.290. The van der Waals surface area contributed by atoms with Crippen molar-refractivity contribution in [1.29, 1.82) is 0 Å². The minimum Gasteiger partial charge on any atom is -0.480 e. The molecule has 1 rings (SSSR count). The average Bonchev–Trinajstić information content (AvgIpc) is 2.37. The van der Waals surface area contributed by atoms with E-state index in [-0.39, 0.29) is 11.5 Å². The first kappa shape index (κ1) is 17.4. The Bertz CT molecular complexity index is 436. The van der Waals surface area contributed by atoms with Crippen LogP contribution < -0.4 is 4.72 Å². The van der Waals surface area contributed by atoms with Gasteiger partial charge in [0.05, 0.1) is 0 Å². The number of nitrogens with one attached hydrogen (secondary N) is 1. The number of carboxylic acid groups (broad SMARTS) is 1. The quantitative estimate of drug-likeness (QED) is 0.789. The van der Waals surface area contributed by atoms with Crippen LogP contribution in [0.1, 0.15) is 59.8 Å². The van der Waals surface area contributed by atoms with E-state index < -0.39 is 21.2 Å². The fourth-order valence-corrected chi connectivity index (χ4v) is 3.92. The molecule has 1 fully saturated rings. The first-order valence-corrected chi connectivity index (χ1v) is 8.88. The molecule has 0 aromatic carbocycles. The zero-order valence-corrected chi connectivity index (χ0v) is 13.7. The van der Waals surface area contributed by atoms with Gasteiger partial charge in [-0.2, -0.15) is 0 Å². The van der Waals surface area contributed by atoms with E-state index in [1.165, 1.54) is 6.92 Å². The van der Waals surface area contributed by atoms with Crippen LogP contribution in [-0.4, -0.2) is 30.8 Å². The lowest BCUT2D eigenvalue weighted by Crippen LogP contribution is -2.45. The summed E-state index contributed by atoms with van der Waals surface area (Å²) in [5.74, 6) is -0.691. The molecular formula is C14H27NO4S. The van der Waals surface area contributed by atoms with Crippen molar-refractivity contribution in [3.63, 3.8) is 0 Å².